The van der Waals surface area contributed by atoms with E-state index in [1.165, 1.54) is 11.3 Å². The van der Waals surface area contributed by atoms with E-state index in [0.717, 1.165) is 25.9 Å². The van der Waals surface area contributed by atoms with Crippen molar-refractivity contribution < 1.29 is 9.59 Å². The molecule has 0 radical (unpaired) electrons. The topological polar surface area (TPSA) is 88.3 Å². The van der Waals surface area contributed by atoms with Crippen LogP contribution in [0.5, 0.6) is 0 Å². The summed E-state index contributed by atoms with van der Waals surface area (Å²) in [7, 11) is 0. The summed E-state index contributed by atoms with van der Waals surface area (Å²) in [6, 6.07) is -0.224. The SMILES string of the molecule is C[C@@H](C(=O)Nc1nccs1)N1CCC(C(N)=O)CC1. The zero-order valence-corrected chi connectivity index (χ0v) is 11.7. The Kier molecular flexibility index (Phi) is 4.49. The van der Waals surface area contributed by atoms with Gasteiger partial charge in [-0.2, -0.15) is 0 Å². The molecule has 1 atom stereocenters. The van der Waals surface area contributed by atoms with Gasteiger partial charge in [0.15, 0.2) is 5.13 Å². The molecule has 1 aromatic rings. The van der Waals surface area contributed by atoms with E-state index in [9.17, 15) is 9.59 Å². The van der Waals surface area contributed by atoms with Gasteiger partial charge in [0.1, 0.15) is 0 Å². The molecule has 0 saturated carbocycles. The molecule has 0 aliphatic carbocycles. The number of carbonyl (C=O) groups is 2. The van der Waals surface area contributed by atoms with E-state index in [2.05, 4.69) is 15.2 Å². The molecule has 19 heavy (non-hydrogen) atoms. The third-order valence-corrected chi connectivity index (χ3v) is 4.21. The van der Waals surface area contributed by atoms with Crippen LogP contribution in [0.1, 0.15) is 19.8 Å². The van der Waals surface area contributed by atoms with Gasteiger partial charge in [-0.15, -0.1) is 11.3 Å². The molecule has 1 fully saturated rings. The Morgan fingerprint density at radius 3 is 2.74 bits per heavy atom. The van der Waals surface area contributed by atoms with E-state index in [4.69, 9.17) is 5.73 Å². The minimum atomic E-state index is -0.237. The number of amides is 2. The minimum Gasteiger partial charge on any atom is -0.369 e. The Morgan fingerprint density at radius 1 is 1.53 bits per heavy atom. The molecule has 1 aliphatic heterocycles. The van der Waals surface area contributed by atoms with Gasteiger partial charge in [0, 0.05) is 17.5 Å². The predicted molar refractivity (Wildman–Crippen MR) is 73.7 cm³/mol. The molecule has 6 nitrogen and oxygen atoms in total. The van der Waals surface area contributed by atoms with Crippen LogP contribution in [0.15, 0.2) is 11.6 Å². The Hall–Kier alpha value is -1.47. The summed E-state index contributed by atoms with van der Waals surface area (Å²) < 4.78 is 0. The van der Waals surface area contributed by atoms with Crippen molar-refractivity contribution in [2.24, 2.45) is 11.7 Å². The van der Waals surface area contributed by atoms with Gasteiger partial charge in [-0.25, -0.2) is 4.98 Å². The van der Waals surface area contributed by atoms with Gasteiger partial charge in [0.2, 0.25) is 11.8 Å². The Bertz CT molecular complexity index is 441. The second-order valence-corrected chi connectivity index (χ2v) is 5.61. The average Bonchev–Trinajstić information content (AvgIpc) is 2.90. The van der Waals surface area contributed by atoms with Crippen molar-refractivity contribution in [2.75, 3.05) is 18.4 Å². The molecule has 1 aliphatic rings. The molecule has 3 N–H and O–H groups in total. The van der Waals surface area contributed by atoms with Crippen LogP contribution in [0.4, 0.5) is 5.13 Å². The van der Waals surface area contributed by atoms with E-state index < -0.39 is 0 Å². The highest BCUT2D eigenvalue weighted by Gasteiger charge is 2.28. The quantitative estimate of drug-likeness (QED) is 0.849. The Morgan fingerprint density at radius 2 is 2.21 bits per heavy atom. The maximum atomic E-state index is 12.0. The number of nitrogens with zero attached hydrogens (tertiary/aromatic N) is 2. The van der Waals surface area contributed by atoms with Gasteiger partial charge in [0.05, 0.1) is 6.04 Å². The number of carbonyl (C=O) groups excluding carboxylic acids is 2. The first kappa shape index (κ1) is 14.0. The number of nitrogens with one attached hydrogen (secondary N) is 1. The summed E-state index contributed by atoms with van der Waals surface area (Å²) in [6.45, 7) is 3.31. The number of anilines is 1. The number of primary amides is 1. The summed E-state index contributed by atoms with van der Waals surface area (Å²) in [6.07, 6.45) is 3.11. The van der Waals surface area contributed by atoms with Crippen LogP contribution < -0.4 is 11.1 Å². The zero-order chi connectivity index (χ0) is 13.8. The minimum absolute atomic E-state index is 0.0505. The largest absolute Gasteiger partial charge is 0.369 e. The molecular formula is C12H18N4O2S. The highest BCUT2D eigenvalue weighted by molar-refractivity contribution is 7.13. The summed E-state index contributed by atoms with van der Waals surface area (Å²) >= 11 is 1.40. The average molecular weight is 282 g/mol. The second kappa shape index (κ2) is 6.12. The van der Waals surface area contributed by atoms with Crippen molar-refractivity contribution in [2.45, 2.75) is 25.8 Å². The standard InChI is InChI=1S/C12H18N4O2S/c1-8(11(18)15-12-14-4-7-19-12)16-5-2-9(3-6-16)10(13)17/h4,7-9H,2-3,5-6H2,1H3,(H2,13,17)(H,14,15,18)/t8-/m0/s1. The van der Waals surface area contributed by atoms with Crippen molar-refractivity contribution in [3.63, 3.8) is 0 Å². The Balaban J connectivity index is 1.85. The molecule has 1 aromatic heterocycles. The lowest BCUT2D eigenvalue weighted by atomic mass is 9.95. The number of likely N-dealkylation sites (tertiary alicyclic amines) is 1. The van der Waals surface area contributed by atoms with E-state index >= 15 is 0 Å². The lowest BCUT2D eigenvalue weighted by molar-refractivity contribution is -0.124. The number of piperidine rings is 1. The van der Waals surface area contributed by atoms with Crippen LogP contribution in [0, 0.1) is 5.92 Å². The molecule has 0 bridgehead atoms. The fourth-order valence-electron chi connectivity index (χ4n) is 2.23. The lowest BCUT2D eigenvalue weighted by Crippen LogP contribution is -2.47. The van der Waals surface area contributed by atoms with Crippen molar-refractivity contribution in [3.05, 3.63) is 11.6 Å². The van der Waals surface area contributed by atoms with Crippen LogP contribution in [-0.2, 0) is 9.59 Å². The van der Waals surface area contributed by atoms with Gasteiger partial charge < -0.3 is 11.1 Å². The molecule has 2 amide bonds. The first-order valence-electron chi connectivity index (χ1n) is 6.31. The third-order valence-electron chi connectivity index (χ3n) is 3.52. The van der Waals surface area contributed by atoms with Crippen LogP contribution in [0.3, 0.4) is 0 Å². The second-order valence-electron chi connectivity index (χ2n) is 4.72. The van der Waals surface area contributed by atoms with E-state index in [-0.39, 0.29) is 23.8 Å². The monoisotopic (exact) mass is 282 g/mol. The molecule has 0 spiro atoms. The number of thiazole rings is 1. The first-order chi connectivity index (χ1) is 9.08. The highest BCUT2D eigenvalue weighted by Crippen LogP contribution is 2.19. The lowest BCUT2D eigenvalue weighted by Gasteiger charge is -2.34. The summed E-state index contributed by atoms with van der Waals surface area (Å²) in [4.78, 5) is 29.2. The number of nitrogens with two attached hydrogens (primary N) is 1. The molecular weight excluding hydrogens is 264 g/mol. The van der Waals surface area contributed by atoms with Crippen LogP contribution in [0.25, 0.3) is 0 Å². The number of aromatic nitrogens is 1. The maximum Gasteiger partial charge on any atom is 0.243 e. The van der Waals surface area contributed by atoms with Crippen molar-refractivity contribution >= 4 is 28.3 Å². The van der Waals surface area contributed by atoms with Gasteiger partial charge >= 0.3 is 0 Å². The predicted octanol–water partition coefficient (Wildman–Crippen LogP) is 0.667. The molecule has 0 aromatic carbocycles. The molecule has 104 valence electrons. The molecule has 2 rings (SSSR count). The van der Waals surface area contributed by atoms with E-state index in [1.807, 2.05) is 12.3 Å². The number of rotatable bonds is 4. The molecule has 2 heterocycles. The van der Waals surface area contributed by atoms with Crippen molar-refractivity contribution in [3.8, 4) is 0 Å². The summed E-state index contributed by atoms with van der Waals surface area (Å²) in [5.74, 6) is -0.350. The molecule has 0 unspecified atom stereocenters. The number of hydrogen-bond acceptors (Lipinski definition) is 5. The molecule has 7 heteroatoms. The van der Waals surface area contributed by atoms with E-state index in [1.54, 1.807) is 6.20 Å². The molecule has 1 saturated heterocycles. The fourth-order valence-corrected chi connectivity index (χ4v) is 2.76. The Labute approximate surface area is 116 Å². The number of hydrogen-bond donors (Lipinski definition) is 2. The van der Waals surface area contributed by atoms with Gasteiger partial charge in [-0.3, -0.25) is 14.5 Å². The van der Waals surface area contributed by atoms with Gasteiger partial charge in [0.25, 0.3) is 0 Å². The summed E-state index contributed by atoms with van der Waals surface area (Å²) in [5, 5.41) is 5.22. The third kappa shape index (κ3) is 3.51. The van der Waals surface area contributed by atoms with Gasteiger partial charge in [-0.1, -0.05) is 0 Å². The van der Waals surface area contributed by atoms with E-state index in [0.29, 0.717) is 5.13 Å². The smallest absolute Gasteiger partial charge is 0.243 e. The van der Waals surface area contributed by atoms with Crippen molar-refractivity contribution in [1.29, 1.82) is 0 Å². The van der Waals surface area contributed by atoms with Crippen LogP contribution >= 0.6 is 11.3 Å². The van der Waals surface area contributed by atoms with Gasteiger partial charge in [-0.05, 0) is 32.9 Å². The highest BCUT2D eigenvalue weighted by atomic mass is 32.1. The summed E-state index contributed by atoms with van der Waals surface area (Å²) in [5.41, 5.74) is 5.30. The fraction of sp³-hybridized carbons (Fsp3) is 0.583. The first-order valence-corrected chi connectivity index (χ1v) is 7.19. The maximum absolute atomic E-state index is 12.0. The zero-order valence-electron chi connectivity index (χ0n) is 10.8. The normalized spacial score (nSPS) is 19.0. The van der Waals surface area contributed by atoms with Crippen LogP contribution in [-0.4, -0.2) is 40.8 Å². The van der Waals surface area contributed by atoms with Crippen molar-refractivity contribution in [1.82, 2.24) is 9.88 Å². The van der Waals surface area contributed by atoms with Crippen LogP contribution in [0.2, 0.25) is 0 Å².